The van der Waals surface area contributed by atoms with Gasteiger partial charge in [-0.05, 0) is 30.9 Å². The second-order valence-corrected chi connectivity index (χ2v) is 5.48. The van der Waals surface area contributed by atoms with Crippen LogP contribution in [0.25, 0.3) is 0 Å². The van der Waals surface area contributed by atoms with E-state index in [1.807, 2.05) is 13.8 Å². The van der Waals surface area contributed by atoms with Crippen molar-refractivity contribution in [2.45, 2.75) is 45.6 Å². The van der Waals surface area contributed by atoms with E-state index in [0.717, 1.165) is 12.8 Å². The van der Waals surface area contributed by atoms with Crippen molar-refractivity contribution in [3.05, 3.63) is 35.6 Å². The quantitative estimate of drug-likeness (QED) is 0.812. The average molecular weight is 317 g/mol. The smallest absolute Gasteiger partial charge is 0.223 e. The summed E-state index contributed by atoms with van der Waals surface area (Å²) in [7, 11) is 0. The van der Waals surface area contributed by atoms with Gasteiger partial charge < -0.3 is 11.1 Å². The lowest BCUT2D eigenvalue weighted by atomic mass is 9.93. The third-order valence-electron chi connectivity index (χ3n) is 3.95. The molecule has 3 nitrogen and oxygen atoms in total. The molecule has 3 N–H and O–H groups in total. The molecule has 1 aromatic rings. The van der Waals surface area contributed by atoms with Crippen molar-refractivity contribution >= 4 is 18.3 Å². The molecule has 0 saturated carbocycles. The molecule has 0 aliphatic carbocycles. The zero-order valence-corrected chi connectivity index (χ0v) is 13.8. The molecule has 5 heteroatoms. The molecule has 1 atom stereocenters. The Balaban J connectivity index is 0.00000400. The van der Waals surface area contributed by atoms with Crippen LogP contribution in [0.5, 0.6) is 0 Å². The normalized spacial score (nSPS) is 12.4. The first-order chi connectivity index (χ1) is 9.41. The van der Waals surface area contributed by atoms with Crippen molar-refractivity contribution in [3.8, 4) is 0 Å². The minimum absolute atomic E-state index is 0. The highest BCUT2D eigenvalue weighted by Crippen LogP contribution is 2.14. The highest BCUT2D eigenvalue weighted by molar-refractivity contribution is 5.85. The Hall–Kier alpha value is -1.13. The number of carbonyl (C=O) groups excluding carboxylic acids is 1. The predicted octanol–water partition coefficient (Wildman–Crippen LogP) is 3.06. The largest absolute Gasteiger partial charge is 0.354 e. The van der Waals surface area contributed by atoms with Crippen LogP contribution < -0.4 is 11.1 Å². The number of hydrogen-bond donors (Lipinski definition) is 2. The first-order valence-corrected chi connectivity index (χ1v) is 7.22. The lowest BCUT2D eigenvalue weighted by molar-refractivity contribution is -0.124. The molecule has 1 rings (SSSR count). The summed E-state index contributed by atoms with van der Waals surface area (Å²) in [6, 6.07) is 6.56. The van der Waals surface area contributed by atoms with Crippen molar-refractivity contribution in [1.29, 1.82) is 0 Å². The summed E-state index contributed by atoms with van der Waals surface area (Å²) in [5.74, 6) is -0.614. The number of benzene rings is 1. The van der Waals surface area contributed by atoms with E-state index in [1.165, 1.54) is 6.07 Å². The molecule has 1 unspecified atom stereocenters. The topological polar surface area (TPSA) is 55.1 Å². The van der Waals surface area contributed by atoms with Gasteiger partial charge in [0.25, 0.3) is 0 Å². The van der Waals surface area contributed by atoms with Crippen LogP contribution in [0.3, 0.4) is 0 Å². The van der Waals surface area contributed by atoms with E-state index in [4.69, 9.17) is 5.73 Å². The van der Waals surface area contributed by atoms with E-state index in [0.29, 0.717) is 18.5 Å². The molecule has 0 spiro atoms. The van der Waals surface area contributed by atoms with Crippen LogP contribution in [-0.4, -0.2) is 18.0 Å². The number of nitrogens with one attached hydrogen (secondary N) is 1. The first-order valence-electron chi connectivity index (χ1n) is 7.22. The van der Waals surface area contributed by atoms with Crippen molar-refractivity contribution in [2.24, 2.45) is 11.7 Å². The molecule has 0 bridgehead atoms. The summed E-state index contributed by atoms with van der Waals surface area (Å²) in [6.07, 6.45) is 2.02. The van der Waals surface area contributed by atoms with Crippen molar-refractivity contribution in [1.82, 2.24) is 5.32 Å². The summed E-state index contributed by atoms with van der Waals surface area (Å²) in [6.45, 7) is 6.29. The van der Waals surface area contributed by atoms with Crippen LogP contribution in [0.4, 0.5) is 4.39 Å². The highest BCUT2D eigenvalue weighted by atomic mass is 35.5. The van der Waals surface area contributed by atoms with Gasteiger partial charge in [-0.1, -0.05) is 39.0 Å². The average Bonchev–Trinajstić information content (AvgIpc) is 2.46. The molecule has 0 radical (unpaired) electrons. The van der Waals surface area contributed by atoms with E-state index in [-0.39, 0.29) is 35.6 Å². The fourth-order valence-electron chi connectivity index (χ4n) is 2.02. The van der Waals surface area contributed by atoms with Crippen molar-refractivity contribution < 1.29 is 9.18 Å². The van der Waals surface area contributed by atoms with Gasteiger partial charge in [-0.15, -0.1) is 12.4 Å². The maximum absolute atomic E-state index is 13.5. The van der Waals surface area contributed by atoms with Crippen LogP contribution in [-0.2, 0) is 11.2 Å². The molecule has 0 aliphatic heterocycles. The van der Waals surface area contributed by atoms with E-state index in [2.05, 4.69) is 5.32 Å². The maximum atomic E-state index is 13.5. The summed E-state index contributed by atoms with van der Waals surface area (Å²) in [4.78, 5) is 12.0. The third kappa shape index (κ3) is 6.02. The lowest BCUT2D eigenvalue weighted by Crippen LogP contribution is -2.50. The van der Waals surface area contributed by atoms with Crippen LogP contribution in [0, 0.1) is 11.7 Å². The van der Waals surface area contributed by atoms with Gasteiger partial charge in [0, 0.05) is 18.0 Å². The van der Waals surface area contributed by atoms with Crippen LogP contribution in [0.15, 0.2) is 24.3 Å². The molecule has 0 aromatic heterocycles. The molecule has 0 heterocycles. The second-order valence-electron chi connectivity index (χ2n) is 5.48. The molecule has 0 fully saturated rings. The minimum atomic E-state index is -0.354. The first kappa shape index (κ1) is 19.9. The fourth-order valence-corrected chi connectivity index (χ4v) is 2.02. The summed E-state index contributed by atoms with van der Waals surface area (Å²) in [5, 5.41) is 2.88. The molecule has 1 aromatic carbocycles. The lowest BCUT2D eigenvalue weighted by Gasteiger charge is -2.27. The second kappa shape index (κ2) is 9.00. The Morgan fingerprint density at radius 2 is 1.90 bits per heavy atom. The summed E-state index contributed by atoms with van der Waals surface area (Å²) >= 11 is 0. The monoisotopic (exact) mass is 316 g/mol. The SMILES string of the molecule is CCC(N)(CC)CNC(=O)C(C)Cc1ccccc1F.Cl. The fraction of sp³-hybridized carbons (Fsp3) is 0.562. The van der Waals surface area contributed by atoms with Gasteiger partial charge in [0.1, 0.15) is 5.82 Å². The Labute approximate surface area is 132 Å². The Morgan fingerprint density at radius 3 is 2.43 bits per heavy atom. The number of amides is 1. The van der Waals surface area contributed by atoms with Gasteiger partial charge in [0.05, 0.1) is 0 Å². The van der Waals surface area contributed by atoms with Crippen molar-refractivity contribution in [3.63, 3.8) is 0 Å². The standard InChI is InChI=1S/C16H25FN2O.ClH/c1-4-16(18,5-2)11-19-15(20)12(3)10-13-8-6-7-9-14(13)17;/h6-9,12H,4-5,10-11,18H2,1-3H3,(H,19,20);1H. The molecular weight excluding hydrogens is 291 g/mol. The number of nitrogens with two attached hydrogens (primary N) is 1. The highest BCUT2D eigenvalue weighted by Gasteiger charge is 2.22. The zero-order valence-electron chi connectivity index (χ0n) is 13.0. The third-order valence-corrected chi connectivity index (χ3v) is 3.95. The van der Waals surface area contributed by atoms with Crippen LogP contribution >= 0.6 is 12.4 Å². The van der Waals surface area contributed by atoms with E-state index < -0.39 is 0 Å². The van der Waals surface area contributed by atoms with Gasteiger partial charge in [0.15, 0.2) is 0 Å². The van der Waals surface area contributed by atoms with Crippen molar-refractivity contribution in [2.75, 3.05) is 6.54 Å². The Kier molecular flexibility index (Phi) is 8.52. The summed E-state index contributed by atoms with van der Waals surface area (Å²) < 4.78 is 13.5. The molecule has 120 valence electrons. The van der Waals surface area contributed by atoms with Gasteiger partial charge >= 0.3 is 0 Å². The maximum Gasteiger partial charge on any atom is 0.223 e. The van der Waals surface area contributed by atoms with E-state index >= 15 is 0 Å². The summed E-state index contributed by atoms with van der Waals surface area (Å²) in [5.41, 5.74) is 6.36. The predicted molar refractivity (Wildman–Crippen MR) is 87.0 cm³/mol. The molecular formula is C16H26ClFN2O. The van der Waals surface area contributed by atoms with Crippen LogP contribution in [0.1, 0.15) is 39.2 Å². The Morgan fingerprint density at radius 1 is 1.33 bits per heavy atom. The molecule has 0 saturated heterocycles. The number of carbonyl (C=O) groups is 1. The molecule has 1 amide bonds. The molecule has 21 heavy (non-hydrogen) atoms. The van der Waals surface area contributed by atoms with E-state index in [9.17, 15) is 9.18 Å². The number of halogens is 2. The number of rotatable bonds is 7. The van der Waals surface area contributed by atoms with E-state index in [1.54, 1.807) is 25.1 Å². The number of hydrogen-bond acceptors (Lipinski definition) is 2. The Bertz CT molecular complexity index is 450. The van der Waals surface area contributed by atoms with Gasteiger partial charge in [-0.25, -0.2) is 4.39 Å². The van der Waals surface area contributed by atoms with Crippen LogP contribution in [0.2, 0.25) is 0 Å². The van der Waals surface area contributed by atoms with Gasteiger partial charge in [0.2, 0.25) is 5.91 Å². The minimum Gasteiger partial charge on any atom is -0.354 e. The zero-order chi connectivity index (χ0) is 15.2. The molecule has 0 aliphatic rings. The van der Waals surface area contributed by atoms with Gasteiger partial charge in [-0.2, -0.15) is 0 Å². The van der Waals surface area contributed by atoms with Gasteiger partial charge in [-0.3, -0.25) is 4.79 Å².